The topological polar surface area (TPSA) is 80.8 Å². The van der Waals surface area contributed by atoms with Crippen molar-refractivity contribution in [3.63, 3.8) is 0 Å². The highest BCUT2D eigenvalue weighted by molar-refractivity contribution is 7.16. The third-order valence-corrected chi connectivity index (χ3v) is 5.74. The number of esters is 1. The Labute approximate surface area is 176 Å². The zero-order valence-corrected chi connectivity index (χ0v) is 17.1. The fourth-order valence-electron chi connectivity index (χ4n) is 3.00. The van der Waals surface area contributed by atoms with Crippen molar-refractivity contribution in [1.29, 1.82) is 0 Å². The highest BCUT2D eigenvalue weighted by Gasteiger charge is 2.16. The van der Waals surface area contributed by atoms with Crippen molar-refractivity contribution >= 4 is 28.9 Å². The Hall–Kier alpha value is -3.03. The van der Waals surface area contributed by atoms with Crippen molar-refractivity contribution in [2.45, 2.75) is 13.3 Å². The first kappa shape index (κ1) is 19.3. The number of H-pyrrole nitrogens is 1. The van der Waals surface area contributed by atoms with Gasteiger partial charge in [0, 0.05) is 16.3 Å². The van der Waals surface area contributed by atoms with E-state index in [0.29, 0.717) is 23.0 Å². The Bertz CT molecular complexity index is 1120. The van der Waals surface area contributed by atoms with Crippen molar-refractivity contribution in [1.82, 2.24) is 20.6 Å². The number of rotatable bonds is 6. The lowest BCUT2D eigenvalue weighted by atomic mass is 10.0. The summed E-state index contributed by atoms with van der Waals surface area (Å²) in [5.41, 5.74) is 3.63. The largest absolute Gasteiger partial charge is 0.462 e. The molecule has 2 heterocycles. The lowest BCUT2D eigenvalue weighted by Crippen LogP contribution is -2.04. The van der Waals surface area contributed by atoms with Gasteiger partial charge in [-0.15, -0.1) is 16.4 Å². The van der Waals surface area contributed by atoms with Crippen LogP contribution in [0.3, 0.4) is 0 Å². The average Bonchev–Trinajstić information content (AvgIpc) is 3.40. The van der Waals surface area contributed by atoms with Crippen LogP contribution in [0.2, 0.25) is 5.02 Å². The smallest absolute Gasteiger partial charge is 0.338 e. The molecule has 2 aromatic heterocycles. The number of carbonyl (C=O) groups excluding carboxylic acids is 1. The van der Waals surface area contributed by atoms with Gasteiger partial charge in [0.1, 0.15) is 0 Å². The number of ether oxygens (including phenoxy) is 1. The third kappa shape index (κ3) is 4.36. The van der Waals surface area contributed by atoms with Gasteiger partial charge in [-0.3, -0.25) is 0 Å². The molecular formula is C21H17ClN4O2S. The predicted octanol–water partition coefficient (Wildman–Crippen LogP) is 5.02. The number of hydrogen-bond acceptors (Lipinski definition) is 6. The van der Waals surface area contributed by atoms with Gasteiger partial charge in [0.25, 0.3) is 0 Å². The van der Waals surface area contributed by atoms with Gasteiger partial charge in [-0.1, -0.05) is 35.9 Å². The van der Waals surface area contributed by atoms with Crippen molar-refractivity contribution in [2.75, 3.05) is 6.61 Å². The molecule has 0 radical (unpaired) electrons. The summed E-state index contributed by atoms with van der Waals surface area (Å²) in [6.45, 7) is 2.13. The molecule has 2 aromatic carbocycles. The van der Waals surface area contributed by atoms with E-state index in [2.05, 4.69) is 20.6 Å². The number of tetrazole rings is 1. The van der Waals surface area contributed by atoms with Crippen molar-refractivity contribution in [3.8, 4) is 21.8 Å². The van der Waals surface area contributed by atoms with Gasteiger partial charge in [0.2, 0.25) is 0 Å². The minimum atomic E-state index is -0.330. The van der Waals surface area contributed by atoms with Gasteiger partial charge < -0.3 is 4.74 Å². The van der Waals surface area contributed by atoms with E-state index < -0.39 is 0 Å². The van der Waals surface area contributed by atoms with Crippen molar-refractivity contribution in [3.05, 3.63) is 75.6 Å². The molecule has 0 saturated heterocycles. The first-order chi connectivity index (χ1) is 14.1. The molecule has 4 rings (SSSR count). The number of hydrogen-bond donors (Lipinski definition) is 1. The standard InChI is InChI=1S/C21H17ClN4O2S/c1-2-28-21(27)15-5-3-4-14(11-15)17-12-19(20-23-25-26-24-20)29-18(17)10-13-6-8-16(22)9-7-13/h3-9,11-12H,2,10H2,1H3,(H,23,24,25,26). The Morgan fingerprint density at radius 2 is 2.00 bits per heavy atom. The van der Waals surface area contributed by atoms with Crippen LogP contribution in [0.1, 0.15) is 27.7 Å². The van der Waals surface area contributed by atoms with E-state index in [1.54, 1.807) is 24.3 Å². The molecule has 8 heteroatoms. The molecule has 29 heavy (non-hydrogen) atoms. The van der Waals surface area contributed by atoms with Gasteiger partial charge in [-0.2, -0.15) is 0 Å². The third-order valence-electron chi connectivity index (χ3n) is 4.35. The molecular weight excluding hydrogens is 408 g/mol. The van der Waals surface area contributed by atoms with Crippen LogP contribution in [0, 0.1) is 0 Å². The molecule has 0 spiro atoms. The van der Waals surface area contributed by atoms with Crippen LogP contribution >= 0.6 is 22.9 Å². The summed E-state index contributed by atoms with van der Waals surface area (Å²) < 4.78 is 5.14. The highest BCUT2D eigenvalue weighted by Crippen LogP contribution is 2.37. The number of thiophene rings is 1. The minimum absolute atomic E-state index is 0.330. The predicted molar refractivity (Wildman–Crippen MR) is 113 cm³/mol. The molecule has 0 aliphatic rings. The van der Waals surface area contributed by atoms with Crippen LogP contribution < -0.4 is 0 Å². The van der Waals surface area contributed by atoms with Crippen LogP contribution in [0.25, 0.3) is 21.8 Å². The molecule has 6 nitrogen and oxygen atoms in total. The average molecular weight is 425 g/mol. The van der Waals surface area contributed by atoms with Crippen LogP contribution in [0.15, 0.2) is 54.6 Å². The number of nitrogens with zero attached hydrogens (tertiary/aromatic N) is 3. The molecule has 0 atom stereocenters. The molecule has 0 saturated carbocycles. The van der Waals surface area contributed by atoms with E-state index in [4.69, 9.17) is 16.3 Å². The molecule has 0 amide bonds. The minimum Gasteiger partial charge on any atom is -0.462 e. The van der Waals surface area contributed by atoms with E-state index in [9.17, 15) is 4.79 Å². The maximum Gasteiger partial charge on any atom is 0.338 e. The van der Waals surface area contributed by atoms with Gasteiger partial charge >= 0.3 is 5.97 Å². The summed E-state index contributed by atoms with van der Waals surface area (Å²) in [5, 5.41) is 14.9. The van der Waals surface area contributed by atoms with Gasteiger partial charge in [0.05, 0.1) is 17.0 Å². The van der Waals surface area contributed by atoms with Crippen LogP contribution in [0.4, 0.5) is 0 Å². The van der Waals surface area contributed by atoms with E-state index in [-0.39, 0.29) is 5.97 Å². The van der Waals surface area contributed by atoms with Crippen LogP contribution in [-0.2, 0) is 11.2 Å². The van der Waals surface area contributed by atoms with E-state index in [1.807, 2.05) is 48.5 Å². The van der Waals surface area contributed by atoms with E-state index in [0.717, 1.165) is 32.9 Å². The molecule has 146 valence electrons. The highest BCUT2D eigenvalue weighted by atomic mass is 35.5. The maximum absolute atomic E-state index is 12.2. The summed E-state index contributed by atoms with van der Waals surface area (Å²) in [5.74, 6) is 0.281. The second-order valence-electron chi connectivity index (χ2n) is 6.30. The monoisotopic (exact) mass is 424 g/mol. The van der Waals surface area contributed by atoms with Crippen LogP contribution in [-0.4, -0.2) is 33.2 Å². The van der Waals surface area contributed by atoms with Gasteiger partial charge in [0.15, 0.2) is 5.82 Å². The first-order valence-electron chi connectivity index (χ1n) is 9.03. The number of halogens is 1. The number of carbonyl (C=O) groups is 1. The first-order valence-corrected chi connectivity index (χ1v) is 10.2. The number of aromatic amines is 1. The second kappa shape index (κ2) is 8.55. The Morgan fingerprint density at radius 3 is 2.72 bits per heavy atom. The molecule has 0 aliphatic heterocycles. The number of benzene rings is 2. The second-order valence-corrected chi connectivity index (χ2v) is 7.88. The molecule has 0 fully saturated rings. The summed E-state index contributed by atoms with van der Waals surface area (Å²) >= 11 is 7.63. The van der Waals surface area contributed by atoms with E-state index >= 15 is 0 Å². The molecule has 0 bridgehead atoms. The maximum atomic E-state index is 12.2. The summed E-state index contributed by atoms with van der Waals surface area (Å²) in [4.78, 5) is 14.2. The molecule has 1 N–H and O–H groups in total. The van der Waals surface area contributed by atoms with Crippen molar-refractivity contribution in [2.24, 2.45) is 0 Å². The molecule has 4 aromatic rings. The van der Waals surface area contributed by atoms with Gasteiger partial charge in [-0.05, 0) is 64.4 Å². The zero-order valence-electron chi connectivity index (χ0n) is 15.6. The fourth-order valence-corrected chi connectivity index (χ4v) is 4.28. The molecule has 0 unspecified atom stereocenters. The zero-order chi connectivity index (χ0) is 20.2. The SMILES string of the molecule is CCOC(=O)c1cccc(-c2cc(-c3nnn[nH]3)sc2Cc2ccc(Cl)cc2)c1. The Kier molecular flexibility index (Phi) is 5.69. The lowest BCUT2D eigenvalue weighted by Gasteiger charge is -2.07. The van der Waals surface area contributed by atoms with Crippen molar-refractivity contribution < 1.29 is 9.53 Å². The van der Waals surface area contributed by atoms with Gasteiger partial charge in [-0.25, -0.2) is 9.89 Å². The fraction of sp³-hybridized carbons (Fsp3) is 0.143. The summed E-state index contributed by atoms with van der Waals surface area (Å²) in [6, 6.07) is 17.3. The normalized spacial score (nSPS) is 10.8. The summed E-state index contributed by atoms with van der Waals surface area (Å²) in [6.07, 6.45) is 0.725. The van der Waals surface area contributed by atoms with E-state index in [1.165, 1.54) is 0 Å². The Morgan fingerprint density at radius 1 is 1.17 bits per heavy atom. The molecule has 0 aliphatic carbocycles. The lowest BCUT2D eigenvalue weighted by molar-refractivity contribution is 0.0526. The Balaban J connectivity index is 1.76. The summed E-state index contributed by atoms with van der Waals surface area (Å²) in [7, 11) is 0. The van der Waals surface area contributed by atoms with Crippen LogP contribution in [0.5, 0.6) is 0 Å². The quantitative estimate of drug-likeness (QED) is 0.440. The number of aromatic nitrogens is 4. The number of nitrogens with one attached hydrogen (secondary N) is 1.